The predicted molar refractivity (Wildman–Crippen MR) is 62.0 cm³/mol. The minimum absolute atomic E-state index is 0.178. The lowest BCUT2D eigenvalue weighted by Crippen LogP contribution is -2.17. The molecule has 0 aliphatic carbocycles. The average molecular weight is 241 g/mol. The Labute approximate surface area is 101 Å². The lowest BCUT2D eigenvalue weighted by molar-refractivity contribution is 0.516. The molecule has 2 N–H and O–H groups in total. The van der Waals surface area contributed by atoms with E-state index in [4.69, 9.17) is 4.11 Å². The molecule has 0 aliphatic heterocycles. The van der Waals surface area contributed by atoms with Crippen LogP contribution < -0.4 is 10.9 Å². The van der Waals surface area contributed by atoms with Gasteiger partial charge in [0, 0.05) is 16.4 Å². The molecule has 1 unspecified atom stereocenters. The van der Waals surface area contributed by atoms with E-state index >= 15 is 0 Å². The highest BCUT2D eigenvalue weighted by molar-refractivity contribution is 5.85. The second-order valence-corrected chi connectivity index (χ2v) is 3.72. The zero-order valence-electron chi connectivity index (χ0n) is 12.0. The third-order valence-corrected chi connectivity index (χ3v) is 2.67. The van der Waals surface area contributed by atoms with Crippen molar-refractivity contribution in [2.45, 2.75) is 13.0 Å². The number of hydrogen-bond donors (Lipinski definition) is 2. The van der Waals surface area contributed by atoms with Crippen molar-refractivity contribution in [2.75, 3.05) is 6.98 Å². The molecule has 1 aromatic carbocycles. The van der Waals surface area contributed by atoms with Crippen molar-refractivity contribution in [3.63, 3.8) is 0 Å². The van der Waals surface area contributed by atoms with Crippen LogP contribution in [0.25, 0.3) is 10.8 Å². The maximum atomic E-state index is 13.7. The number of aromatic amines is 1. The van der Waals surface area contributed by atoms with E-state index in [9.17, 15) is 13.6 Å². The number of aromatic nitrogens is 1. The van der Waals surface area contributed by atoms with Gasteiger partial charge in [0.1, 0.15) is 0 Å². The fourth-order valence-electron chi connectivity index (χ4n) is 1.74. The fraction of sp³-hybridized carbons (Fsp3) is 0.250. The van der Waals surface area contributed by atoms with Crippen LogP contribution in [0.2, 0.25) is 0 Å². The van der Waals surface area contributed by atoms with Crippen molar-refractivity contribution >= 4 is 10.8 Å². The zero-order chi connectivity index (χ0) is 15.1. The molecule has 90 valence electrons. The van der Waals surface area contributed by atoms with E-state index in [0.29, 0.717) is 5.56 Å². The van der Waals surface area contributed by atoms with Crippen molar-refractivity contribution in [2.24, 2.45) is 0 Å². The van der Waals surface area contributed by atoms with Crippen molar-refractivity contribution < 1.29 is 12.9 Å². The monoisotopic (exact) mass is 241 g/mol. The maximum absolute atomic E-state index is 13.7. The van der Waals surface area contributed by atoms with Crippen molar-refractivity contribution in [1.29, 1.82) is 0 Å². The van der Waals surface area contributed by atoms with Crippen LogP contribution in [0.5, 0.6) is 0 Å². The van der Waals surface area contributed by atoms with Gasteiger partial charge < -0.3 is 10.3 Å². The zero-order valence-corrected chi connectivity index (χ0v) is 8.97. The topological polar surface area (TPSA) is 44.9 Å². The Bertz CT molecular complexity index is 712. The normalized spacial score (nSPS) is 16.3. The lowest BCUT2D eigenvalue weighted by Gasteiger charge is -2.13. The summed E-state index contributed by atoms with van der Waals surface area (Å²) in [6.07, 6.45) is 1.30. The first-order valence-corrected chi connectivity index (χ1v) is 4.97. The summed E-state index contributed by atoms with van der Waals surface area (Å²) in [7, 11) is 0. The summed E-state index contributed by atoms with van der Waals surface area (Å²) < 4.78 is 48.4. The molecule has 0 saturated carbocycles. The maximum Gasteiger partial charge on any atom is 0.258 e. The number of pyridine rings is 1. The largest absolute Gasteiger partial charge is 0.328 e. The van der Waals surface area contributed by atoms with Crippen LogP contribution in [0, 0.1) is 11.6 Å². The van der Waals surface area contributed by atoms with Gasteiger partial charge in [-0.25, -0.2) is 8.78 Å². The van der Waals surface area contributed by atoms with E-state index in [2.05, 4.69) is 10.3 Å². The molecule has 0 amide bonds. The molecule has 3 nitrogen and oxygen atoms in total. The van der Waals surface area contributed by atoms with E-state index in [1.807, 2.05) is 0 Å². The lowest BCUT2D eigenvalue weighted by atomic mass is 10.0. The molecule has 2 aromatic rings. The first-order chi connectivity index (χ1) is 9.20. The number of fused-ring (bicyclic) bond motifs is 1. The summed E-state index contributed by atoms with van der Waals surface area (Å²) in [5.74, 6) is -2.37. The number of H-pyrrole nitrogens is 1. The Morgan fingerprint density at radius 1 is 1.47 bits per heavy atom. The molecule has 0 bridgehead atoms. The van der Waals surface area contributed by atoms with Gasteiger partial charge in [-0.05, 0) is 30.9 Å². The number of hydrogen-bond acceptors (Lipinski definition) is 2. The van der Waals surface area contributed by atoms with Gasteiger partial charge in [0.15, 0.2) is 11.6 Å². The molecule has 2 rings (SSSR count). The SMILES string of the molecule is [2H]C([2H])([2H])NC(C)c1c[nH]c(=O)c2c(F)c(F)ccc12. The average Bonchev–Trinajstić information content (AvgIpc) is 2.31. The molecule has 0 radical (unpaired) electrons. The quantitative estimate of drug-likeness (QED) is 0.845. The summed E-state index contributed by atoms with van der Waals surface area (Å²) in [6, 6.07) is 1.49. The Kier molecular flexibility index (Phi) is 2.09. The highest BCUT2D eigenvalue weighted by Crippen LogP contribution is 2.23. The smallest absolute Gasteiger partial charge is 0.258 e. The molecule has 5 heteroatoms. The summed E-state index contributed by atoms with van der Waals surface area (Å²) in [4.78, 5) is 13.9. The minimum atomic E-state index is -2.39. The van der Waals surface area contributed by atoms with Crippen LogP contribution in [-0.2, 0) is 0 Å². The highest BCUT2D eigenvalue weighted by atomic mass is 19.2. The Hall–Kier alpha value is -1.75. The van der Waals surface area contributed by atoms with E-state index < -0.39 is 35.6 Å². The van der Waals surface area contributed by atoms with E-state index in [1.54, 1.807) is 6.92 Å². The fourth-order valence-corrected chi connectivity index (χ4v) is 1.74. The number of nitrogens with one attached hydrogen (secondary N) is 2. The van der Waals surface area contributed by atoms with Crippen LogP contribution >= 0.6 is 0 Å². The minimum Gasteiger partial charge on any atom is -0.328 e. The molecule has 1 atom stereocenters. The van der Waals surface area contributed by atoms with Crippen LogP contribution in [0.3, 0.4) is 0 Å². The highest BCUT2D eigenvalue weighted by Gasteiger charge is 2.15. The van der Waals surface area contributed by atoms with E-state index in [1.165, 1.54) is 12.3 Å². The van der Waals surface area contributed by atoms with Crippen LogP contribution in [0.4, 0.5) is 8.78 Å². The van der Waals surface area contributed by atoms with Gasteiger partial charge in [-0.1, -0.05) is 6.07 Å². The summed E-state index contributed by atoms with van der Waals surface area (Å²) in [6.45, 7) is -0.832. The summed E-state index contributed by atoms with van der Waals surface area (Å²) >= 11 is 0. The molecule has 17 heavy (non-hydrogen) atoms. The second-order valence-electron chi connectivity index (χ2n) is 3.72. The van der Waals surface area contributed by atoms with E-state index in [0.717, 1.165) is 6.07 Å². The van der Waals surface area contributed by atoms with Gasteiger partial charge in [0.25, 0.3) is 5.56 Å². The third kappa shape index (κ3) is 1.82. The van der Waals surface area contributed by atoms with Crippen LogP contribution in [0.1, 0.15) is 22.6 Å². The van der Waals surface area contributed by atoms with Gasteiger partial charge in [-0.15, -0.1) is 0 Å². The van der Waals surface area contributed by atoms with Gasteiger partial charge in [0.2, 0.25) is 0 Å². The van der Waals surface area contributed by atoms with Crippen molar-refractivity contribution in [1.82, 2.24) is 10.3 Å². The van der Waals surface area contributed by atoms with Gasteiger partial charge >= 0.3 is 0 Å². The van der Waals surface area contributed by atoms with Gasteiger partial charge in [-0.3, -0.25) is 4.79 Å². The molecule has 0 saturated heterocycles. The van der Waals surface area contributed by atoms with Crippen molar-refractivity contribution in [3.05, 3.63) is 45.9 Å². The molecule has 1 aromatic heterocycles. The second kappa shape index (κ2) is 4.25. The Morgan fingerprint density at radius 3 is 2.94 bits per heavy atom. The van der Waals surface area contributed by atoms with Crippen LogP contribution in [0.15, 0.2) is 23.1 Å². The van der Waals surface area contributed by atoms with Gasteiger partial charge in [-0.2, -0.15) is 0 Å². The van der Waals surface area contributed by atoms with Crippen molar-refractivity contribution in [3.8, 4) is 0 Å². The summed E-state index contributed by atoms with van der Waals surface area (Å²) in [5.41, 5.74) is -0.392. The first kappa shape index (κ1) is 8.36. The first-order valence-electron chi connectivity index (χ1n) is 6.47. The number of halogens is 2. The van der Waals surface area contributed by atoms with Gasteiger partial charge in [0.05, 0.1) is 5.39 Å². The molecule has 0 spiro atoms. The number of benzene rings is 1. The molecule has 1 heterocycles. The molecular weight excluding hydrogens is 226 g/mol. The predicted octanol–water partition coefficient (Wildman–Crippen LogP) is 2.09. The molecule has 0 aliphatic rings. The molecule has 0 fully saturated rings. The van der Waals surface area contributed by atoms with E-state index in [-0.39, 0.29) is 5.39 Å². The Morgan fingerprint density at radius 2 is 2.24 bits per heavy atom. The number of rotatable bonds is 2. The summed E-state index contributed by atoms with van der Waals surface area (Å²) in [5, 5.41) is 2.11. The Balaban J connectivity index is 2.65. The van der Waals surface area contributed by atoms with Crippen LogP contribution in [-0.4, -0.2) is 12.0 Å². The molecular formula is C12H12F2N2O. The third-order valence-electron chi connectivity index (χ3n) is 2.67. The standard InChI is InChI=1S/C12H12F2N2O/c1-6(15-2)8-5-16-12(17)10-7(8)3-4-9(13)11(10)14/h3-6,15H,1-2H3,(H,16,17)/i2D3.